The molecule has 4 N–H and O–H groups in total. The van der Waals surface area contributed by atoms with Crippen LogP contribution in [0.2, 0.25) is 0 Å². The van der Waals surface area contributed by atoms with Gasteiger partial charge in [0.1, 0.15) is 0 Å². The molecule has 1 atom stereocenters. The van der Waals surface area contributed by atoms with Crippen molar-refractivity contribution in [2.75, 3.05) is 26.2 Å². The predicted octanol–water partition coefficient (Wildman–Crippen LogP) is 3.51. The molecule has 4 rings (SSSR count). The lowest BCUT2D eigenvalue weighted by Gasteiger charge is -2.38. The Hall–Kier alpha value is -3.35. The van der Waals surface area contributed by atoms with Crippen molar-refractivity contribution < 1.29 is 39.6 Å². The van der Waals surface area contributed by atoms with E-state index in [2.05, 4.69) is 41.8 Å². The first kappa shape index (κ1) is 33.2. The molecule has 1 aromatic carbocycles. The Bertz CT molecular complexity index is 1270. The summed E-state index contributed by atoms with van der Waals surface area (Å²) in [6, 6.07) is 6.88. The number of aliphatic carboxylic acids is 3. The number of aromatic nitrogens is 1. The maximum Gasteiger partial charge on any atom is 0.336 e. The number of carboxylic acid groups (broad SMARTS) is 3. The Labute approximate surface area is 249 Å². The summed E-state index contributed by atoms with van der Waals surface area (Å²) in [6.07, 6.45) is 4.32. The summed E-state index contributed by atoms with van der Waals surface area (Å²) < 4.78 is 0. The third-order valence-electron chi connectivity index (χ3n) is 7.65. The number of aliphatic hydroxyl groups is 1. The van der Waals surface area contributed by atoms with E-state index in [1.165, 1.54) is 43.5 Å². The lowest BCUT2D eigenvalue weighted by Crippen LogP contribution is -2.49. The van der Waals surface area contributed by atoms with E-state index in [1.807, 2.05) is 6.92 Å². The second kappa shape index (κ2) is 14.7. The lowest BCUT2D eigenvalue weighted by atomic mass is 9.96. The molecule has 0 saturated carbocycles. The van der Waals surface area contributed by atoms with Crippen molar-refractivity contribution >= 4 is 35.2 Å². The van der Waals surface area contributed by atoms with Crippen LogP contribution in [-0.2, 0) is 25.6 Å². The summed E-state index contributed by atoms with van der Waals surface area (Å²) in [5.74, 6) is -4.74. The van der Waals surface area contributed by atoms with Crippen molar-refractivity contribution in [1.82, 2.24) is 14.8 Å². The van der Waals surface area contributed by atoms with Crippen LogP contribution in [-0.4, -0.2) is 96.8 Å². The number of carboxylic acids is 3. The van der Waals surface area contributed by atoms with Crippen molar-refractivity contribution in [3.05, 3.63) is 39.2 Å². The Morgan fingerprint density at radius 2 is 1.57 bits per heavy atom. The van der Waals surface area contributed by atoms with Crippen LogP contribution in [0.4, 0.5) is 0 Å². The van der Waals surface area contributed by atoms with Gasteiger partial charge in [0.2, 0.25) is 5.91 Å². The second-order valence-corrected chi connectivity index (χ2v) is 12.5. The molecule has 2 aromatic rings. The standard InChI is InChI=1S/C24H33N3OS.C6H8O7/c1-17-9-10-21(18(2)14-17)24-22(29-19(3)25-24)15-23(28)27-13-5-4-8-20(27)16-26-11-6-7-12-26;7-3(8)1-6(13,5(11)12)2-4(9)10/h9-10,14,20H,4-8,11-13,15-16H2,1-3H3;13H,1-2H2,(H,7,8)(H,9,10)(H,11,12). The molecule has 0 bridgehead atoms. The minimum Gasteiger partial charge on any atom is -0.481 e. The molecule has 1 aromatic heterocycles. The van der Waals surface area contributed by atoms with Gasteiger partial charge < -0.3 is 30.2 Å². The highest BCUT2D eigenvalue weighted by atomic mass is 32.1. The smallest absolute Gasteiger partial charge is 0.336 e. The molecular weight excluding hydrogens is 562 g/mol. The number of benzene rings is 1. The van der Waals surface area contributed by atoms with E-state index in [0.717, 1.165) is 47.1 Å². The van der Waals surface area contributed by atoms with Crippen LogP contribution in [0.1, 0.15) is 66.0 Å². The first-order chi connectivity index (χ1) is 19.8. The zero-order valence-corrected chi connectivity index (χ0v) is 25.3. The van der Waals surface area contributed by atoms with Gasteiger partial charge in [0.05, 0.1) is 30.0 Å². The molecule has 0 spiro atoms. The molecule has 2 aliphatic rings. The quantitative estimate of drug-likeness (QED) is 0.315. The number of likely N-dealkylation sites (tertiary alicyclic amines) is 2. The summed E-state index contributed by atoms with van der Waals surface area (Å²) in [5.41, 5.74) is 1.92. The number of amides is 1. The van der Waals surface area contributed by atoms with E-state index in [-0.39, 0.29) is 5.91 Å². The molecule has 2 aliphatic heterocycles. The van der Waals surface area contributed by atoms with Gasteiger partial charge in [-0.05, 0) is 71.5 Å². The van der Waals surface area contributed by atoms with Gasteiger partial charge in [-0.2, -0.15) is 0 Å². The van der Waals surface area contributed by atoms with E-state index >= 15 is 0 Å². The highest BCUT2D eigenvalue weighted by Crippen LogP contribution is 2.32. The highest BCUT2D eigenvalue weighted by molar-refractivity contribution is 7.12. The van der Waals surface area contributed by atoms with Crippen LogP contribution in [0.5, 0.6) is 0 Å². The fraction of sp³-hybridized carbons (Fsp3) is 0.567. The Balaban J connectivity index is 0.000000316. The molecule has 0 aliphatic carbocycles. The highest BCUT2D eigenvalue weighted by Gasteiger charge is 2.40. The molecule has 11 nitrogen and oxygen atoms in total. The van der Waals surface area contributed by atoms with Gasteiger partial charge in [-0.15, -0.1) is 11.3 Å². The summed E-state index contributed by atoms with van der Waals surface area (Å²) >= 11 is 1.68. The van der Waals surface area contributed by atoms with Crippen LogP contribution < -0.4 is 0 Å². The number of aryl methyl sites for hydroxylation is 3. The topological polar surface area (TPSA) is 169 Å². The normalized spacial score (nSPS) is 17.4. The second-order valence-electron chi connectivity index (χ2n) is 11.2. The van der Waals surface area contributed by atoms with Crippen molar-refractivity contribution in [2.45, 2.75) is 83.8 Å². The van der Waals surface area contributed by atoms with E-state index in [4.69, 9.17) is 25.4 Å². The predicted molar refractivity (Wildman–Crippen MR) is 158 cm³/mol. The van der Waals surface area contributed by atoms with Crippen LogP contribution in [0.3, 0.4) is 0 Å². The molecule has 42 heavy (non-hydrogen) atoms. The number of carbonyl (C=O) groups is 4. The van der Waals surface area contributed by atoms with Gasteiger partial charge in [-0.25, -0.2) is 9.78 Å². The maximum absolute atomic E-state index is 13.4. The largest absolute Gasteiger partial charge is 0.481 e. The third kappa shape index (κ3) is 9.07. The fourth-order valence-corrected chi connectivity index (χ4v) is 6.56. The van der Waals surface area contributed by atoms with E-state index < -0.39 is 36.4 Å². The number of nitrogens with zero attached hydrogens (tertiary/aromatic N) is 3. The van der Waals surface area contributed by atoms with Crippen LogP contribution >= 0.6 is 11.3 Å². The number of rotatable bonds is 10. The monoisotopic (exact) mass is 603 g/mol. The molecule has 2 fully saturated rings. The molecule has 2 saturated heterocycles. The summed E-state index contributed by atoms with van der Waals surface area (Å²) in [7, 11) is 0. The van der Waals surface area contributed by atoms with Crippen molar-refractivity contribution in [2.24, 2.45) is 0 Å². The average Bonchev–Trinajstić information content (AvgIpc) is 3.53. The van der Waals surface area contributed by atoms with Gasteiger partial charge in [-0.3, -0.25) is 14.4 Å². The zero-order valence-electron chi connectivity index (χ0n) is 24.5. The molecule has 0 radical (unpaired) electrons. The van der Waals surface area contributed by atoms with Gasteiger partial charge in [0, 0.05) is 29.6 Å². The van der Waals surface area contributed by atoms with E-state index in [1.54, 1.807) is 11.3 Å². The third-order valence-corrected chi connectivity index (χ3v) is 8.62. The maximum atomic E-state index is 13.4. The fourth-order valence-electron chi connectivity index (χ4n) is 5.61. The number of piperidine rings is 1. The van der Waals surface area contributed by atoms with Crippen LogP contribution in [0, 0.1) is 20.8 Å². The zero-order chi connectivity index (χ0) is 31.0. The van der Waals surface area contributed by atoms with Crippen molar-refractivity contribution in [3.8, 4) is 11.3 Å². The van der Waals surface area contributed by atoms with Gasteiger partial charge >= 0.3 is 17.9 Å². The summed E-state index contributed by atoms with van der Waals surface area (Å²) in [6.45, 7) is 10.7. The van der Waals surface area contributed by atoms with Crippen molar-refractivity contribution in [1.29, 1.82) is 0 Å². The van der Waals surface area contributed by atoms with E-state index in [9.17, 15) is 19.2 Å². The first-order valence-electron chi connectivity index (χ1n) is 14.2. The number of hydrogen-bond acceptors (Lipinski definition) is 8. The molecule has 1 amide bonds. The van der Waals surface area contributed by atoms with Crippen LogP contribution in [0.25, 0.3) is 11.3 Å². The number of thiazole rings is 1. The molecule has 12 heteroatoms. The minimum absolute atomic E-state index is 0.281. The Morgan fingerprint density at radius 1 is 0.952 bits per heavy atom. The summed E-state index contributed by atoms with van der Waals surface area (Å²) in [5, 5.41) is 34.8. The number of hydrogen-bond donors (Lipinski definition) is 4. The van der Waals surface area contributed by atoms with Gasteiger partial charge in [-0.1, -0.05) is 23.8 Å². The molecular formula is C30H41N3O8S. The Kier molecular flexibility index (Phi) is 11.6. The summed E-state index contributed by atoms with van der Waals surface area (Å²) in [4.78, 5) is 54.5. The molecule has 3 heterocycles. The number of carbonyl (C=O) groups excluding carboxylic acids is 1. The average molecular weight is 604 g/mol. The first-order valence-corrected chi connectivity index (χ1v) is 15.1. The van der Waals surface area contributed by atoms with E-state index in [0.29, 0.717) is 12.5 Å². The Morgan fingerprint density at radius 3 is 2.14 bits per heavy atom. The van der Waals surface area contributed by atoms with Gasteiger partial charge in [0.25, 0.3) is 0 Å². The van der Waals surface area contributed by atoms with Crippen LogP contribution in [0.15, 0.2) is 18.2 Å². The van der Waals surface area contributed by atoms with Crippen molar-refractivity contribution in [3.63, 3.8) is 0 Å². The molecule has 230 valence electrons. The SMILES string of the molecule is Cc1ccc(-c2nc(C)sc2CC(=O)N2CCCCC2CN2CCCC2)c(C)c1.O=C(O)CC(O)(CC(=O)O)C(=O)O. The lowest BCUT2D eigenvalue weighted by molar-refractivity contribution is -0.170. The van der Waals surface area contributed by atoms with Gasteiger partial charge in [0.15, 0.2) is 5.60 Å². The molecule has 1 unspecified atom stereocenters. The minimum atomic E-state index is -2.74.